The summed E-state index contributed by atoms with van der Waals surface area (Å²) in [5.74, 6) is -0.853. The van der Waals surface area contributed by atoms with Gasteiger partial charge in [0.25, 0.3) is 11.5 Å². The number of carbonyl (C=O) groups excluding carboxylic acids is 1. The first-order valence-electron chi connectivity index (χ1n) is 9.78. The van der Waals surface area contributed by atoms with E-state index in [-0.39, 0.29) is 27.9 Å². The molecule has 172 valence electrons. The maximum absolute atomic E-state index is 13.6. The predicted octanol–water partition coefficient (Wildman–Crippen LogP) is 4.91. The average molecular weight is 471 g/mol. The molecule has 0 aliphatic carbocycles. The number of ether oxygens (including phenoxy) is 1. The molecule has 0 aliphatic heterocycles. The van der Waals surface area contributed by atoms with Crippen LogP contribution in [0.3, 0.4) is 0 Å². The molecule has 0 bridgehead atoms. The van der Waals surface area contributed by atoms with E-state index in [0.717, 1.165) is 6.08 Å². The highest BCUT2D eigenvalue weighted by Gasteiger charge is 2.17. The van der Waals surface area contributed by atoms with Gasteiger partial charge in [-0.1, -0.05) is 24.3 Å². The zero-order valence-electron chi connectivity index (χ0n) is 18.4. The summed E-state index contributed by atoms with van der Waals surface area (Å²) in [5, 5.41) is 2.69. The molecule has 0 aromatic carbocycles. The predicted molar refractivity (Wildman–Crippen MR) is 129 cm³/mol. The molecule has 2 aromatic heterocycles. The first kappa shape index (κ1) is 25.4. The van der Waals surface area contributed by atoms with Crippen LogP contribution in [0.15, 0.2) is 84.1 Å². The molecule has 2 aromatic rings. The molecule has 33 heavy (non-hydrogen) atoms. The molecule has 3 N–H and O–H groups in total. The van der Waals surface area contributed by atoms with E-state index in [1.165, 1.54) is 48.4 Å². The van der Waals surface area contributed by atoms with Crippen LogP contribution in [0, 0.1) is 6.92 Å². The third-order valence-electron chi connectivity index (χ3n) is 4.24. The number of hydrogen-bond donors (Lipinski definition) is 2. The number of allylic oxidation sites excluding steroid dienone is 7. The summed E-state index contributed by atoms with van der Waals surface area (Å²) in [4.78, 5) is 29.6. The van der Waals surface area contributed by atoms with Gasteiger partial charge in [-0.2, -0.15) is 0 Å². The van der Waals surface area contributed by atoms with Gasteiger partial charge < -0.3 is 15.8 Å². The number of nitrogen functional groups attached to an aromatic ring is 1. The van der Waals surface area contributed by atoms with Crippen LogP contribution in [0.1, 0.15) is 29.8 Å². The van der Waals surface area contributed by atoms with Crippen molar-refractivity contribution in [2.75, 3.05) is 5.73 Å². The van der Waals surface area contributed by atoms with E-state index in [0.29, 0.717) is 11.3 Å². The first-order valence-corrected chi connectivity index (χ1v) is 10.2. The second kappa shape index (κ2) is 11.6. The van der Waals surface area contributed by atoms with Crippen molar-refractivity contribution in [2.45, 2.75) is 20.8 Å². The summed E-state index contributed by atoms with van der Waals surface area (Å²) in [5.41, 5.74) is 5.96. The minimum atomic E-state index is -0.692. The second-order valence-electron chi connectivity index (χ2n) is 6.80. The molecule has 0 saturated carbocycles. The Morgan fingerprint density at radius 3 is 2.79 bits per heavy atom. The van der Waals surface area contributed by atoms with Crippen molar-refractivity contribution in [1.82, 2.24) is 14.9 Å². The molecule has 0 saturated heterocycles. The Kier molecular flexibility index (Phi) is 8.94. The average Bonchev–Trinajstić information content (AvgIpc) is 2.73. The van der Waals surface area contributed by atoms with Crippen molar-refractivity contribution < 1.29 is 13.9 Å². The third kappa shape index (κ3) is 6.78. The Morgan fingerprint density at radius 1 is 1.39 bits per heavy atom. The number of pyridine rings is 2. The van der Waals surface area contributed by atoms with E-state index in [4.69, 9.17) is 22.1 Å². The number of nitrogens with one attached hydrogen (secondary N) is 1. The van der Waals surface area contributed by atoms with Gasteiger partial charge in [-0.25, -0.2) is 9.37 Å². The Labute approximate surface area is 196 Å². The number of hydrogen-bond acceptors (Lipinski definition) is 5. The summed E-state index contributed by atoms with van der Waals surface area (Å²) in [6.45, 7) is 8.47. The quantitative estimate of drug-likeness (QED) is 0.421. The number of nitrogens with zero attached hydrogens (tertiary/aromatic N) is 2. The number of anilines is 1. The van der Waals surface area contributed by atoms with Crippen molar-refractivity contribution in [3.05, 3.63) is 106 Å². The van der Waals surface area contributed by atoms with Gasteiger partial charge in [0.1, 0.15) is 22.2 Å². The number of carbonyl (C=O) groups is 1. The van der Waals surface area contributed by atoms with Gasteiger partial charge in [0.2, 0.25) is 0 Å². The number of amides is 1. The number of rotatable bonds is 8. The van der Waals surface area contributed by atoms with Crippen LogP contribution >= 0.6 is 11.6 Å². The lowest BCUT2D eigenvalue weighted by molar-refractivity contribution is 0.0964. The monoisotopic (exact) mass is 470 g/mol. The molecule has 1 amide bonds. The number of aromatic nitrogens is 2. The number of halogens is 2. The van der Waals surface area contributed by atoms with E-state index < -0.39 is 17.3 Å². The van der Waals surface area contributed by atoms with Crippen molar-refractivity contribution in [1.29, 1.82) is 0 Å². The highest BCUT2D eigenvalue weighted by molar-refractivity contribution is 6.34. The van der Waals surface area contributed by atoms with Gasteiger partial charge in [-0.15, -0.1) is 0 Å². The van der Waals surface area contributed by atoms with E-state index in [9.17, 15) is 14.0 Å². The molecule has 7 nitrogen and oxygen atoms in total. The van der Waals surface area contributed by atoms with Crippen LogP contribution < -0.4 is 21.3 Å². The normalized spacial score (nSPS) is 12.4. The highest BCUT2D eigenvalue weighted by Crippen LogP contribution is 2.27. The standard InChI is InChI=1S/C24H24ClFN4O3/c1-5-7-17(4)30-12-10-15(2)20(24(30)32)23(31)29-18(14-16(3)26)8-6-13-33-19-9-11-28-22(27)21(19)25/h5-14H,4H2,1-3H3,(H2,27,28)(H,29,31)/b7-5-,13-6+,16-14+,18-8+. The fraction of sp³-hybridized carbons (Fsp3) is 0.125. The van der Waals surface area contributed by atoms with E-state index >= 15 is 0 Å². The molecular weight excluding hydrogens is 447 g/mol. The molecule has 2 heterocycles. The Morgan fingerprint density at radius 2 is 2.12 bits per heavy atom. The molecule has 2 rings (SSSR count). The van der Waals surface area contributed by atoms with Gasteiger partial charge in [0.05, 0.1) is 12.1 Å². The molecular formula is C24H24ClFN4O3. The van der Waals surface area contributed by atoms with E-state index in [2.05, 4.69) is 16.9 Å². The van der Waals surface area contributed by atoms with Crippen LogP contribution in [0.25, 0.3) is 5.70 Å². The summed E-state index contributed by atoms with van der Waals surface area (Å²) < 4.78 is 20.2. The Balaban J connectivity index is 2.30. The van der Waals surface area contributed by atoms with Gasteiger partial charge in [-0.3, -0.25) is 14.2 Å². The van der Waals surface area contributed by atoms with Crippen molar-refractivity contribution in [3.8, 4) is 5.75 Å². The van der Waals surface area contributed by atoms with Crippen molar-refractivity contribution in [2.24, 2.45) is 0 Å². The van der Waals surface area contributed by atoms with Crippen LogP contribution in [0.2, 0.25) is 5.02 Å². The van der Waals surface area contributed by atoms with Gasteiger partial charge in [0, 0.05) is 29.9 Å². The largest absolute Gasteiger partial charge is 0.463 e. The Hall–Kier alpha value is -3.91. The Bertz CT molecular complexity index is 1240. The zero-order valence-corrected chi connectivity index (χ0v) is 19.2. The van der Waals surface area contributed by atoms with Crippen LogP contribution in [0.4, 0.5) is 10.2 Å². The van der Waals surface area contributed by atoms with Gasteiger partial charge >= 0.3 is 0 Å². The number of aryl methyl sites for hydroxylation is 1. The molecule has 0 unspecified atom stereocenters. The summed E-state index contributed by atoms with van der Waals surface area (Å²) in [6, 6.07) is 3.15. The second-order valence-corrected chi connectivity index (χ2v) is 7.18. The third-order valence-corrected chi connectivity index (χ3v) is 4.62. The highest BCUT2D eigenvalue weighted by atomic mass is 35.5. The van der Waals surface area contributed by atoms with Crippen LogP contribution in [0.5, 0.6) is 5.75 Å². The minimum absolute atomic E-state index is 0.0850. The SMILES string of the molecule is C=C(/C=C\C)n1ccc(C)c(C(=O)NC(/C=C(\C)F)=C/C=C/Oc2ccnc(N)c2Cl)c1=O. The molecule has 0 radical (unpaired) electrons. The molecule has 0 fully saturated rings. The maximum Gasteiger partial charge on any atom is 0.268 e. The van der Waals surface area contributed by atoms with E-state index in [1.807, 2.05) is 0 Å². The van der Waals surface area contributed by atoms with Gasteiger partial charge in [-0.05, 0) is 56.7 Å². The fourth-order valence-electron chi connectivity index (χ4n) is 2.72. The molecule has 9 heteroatoms. The number of nitrogens with two attached hydrogens (primary N) is 1. The first-order chi connectivity index (χ1) is 15.6. The topological polar surface area (TPSA) is 99.2 Å². The smallest absolute Gasteiger partial charge is 0.268 e. The maximum atomic E-state index is 13.6. The van der Waals surface area contributed by atoms with Crippen LogP contribution in [-0.2, 0) is 0 Å². The lowest BCUT2D eigenvalue weighted by Gasteiger charge is -2.11. The van der Waals surface area contributed by atoms with Gasteiger partial charge in [0.15, 0.2) is 0 Å². The summed E-state index contributed by atoms with van der Waals surface area (Å²) >= 11 is 6.00. The summed E-state index contributed by atoms with van der Waals surface area (Å²) in [6.07, 6.45) is 11.5. The minimum Gasteiger partial charge on any atom is -0.463 e. The van der Waals surface area contributed by atoms with Crippen molar-refractivity contribution in [3.63, 3.8) is 0 Å². The van der Waals surface area contributed by atoms with E-state index in [1.54, 1.807) is 32.1 Å². The van der Waals surface area contributed by atoms with Crippen LogP contribution in [-0.4, -0.2) is 15.5 Å². The summed E-state index contributed by atoms with van der Waals surface area (Å²) in [7, 11) is 0. The molecule has 0 spiro atoms. The molecule has 0 aliphatic rings. The zero-order chi connectivity index (χ0) is 24.5. The van der Waals surface area contributed by atoms with Crippen molar-refractivity contribution >= 4 is 29.0 Å². The lowest BCUT2D eigenvalue weighted by Crippen LogP contribution is -2.33. The fourth-order valence-corrected chi connectivity index (χ4v) is 2.88. The lowest BCUT2D eigenvalue weighted by atomic mass is 10.1. The molecule has 0 atom stereocenters.